The molecule has 0 radical (unpaired) electrons. The van der Waals surface area contributed by atoms with Gasteiger partial charge < -0.3 is 4.74 Å². The number of ether oxygens (including phenoxy) is 1. The highest BCUT2D eigenvalue weighted by molar-refractivity contribution is 7.92. The van der Waals surface area contributed by atoms with Gasteiger partial charge in [-0.25, -0.2) is 8.42 Å². The minimum Gasteiger partial charge on any atom is -0.361 e. The molecule has 2 aromatic rings. The van der Waals surface area contributed by atoms with Crippen LogP contribution in [0.1, 0.15) is 17.2 Å². The number of benzene rings is 2. The van der Waals surface area contributed by atoms with Crippen LogP contribution in [0.3, 0.4) is 0 Å². The fraction of sp³-hybridized carbons (Fsp3) is 0.200. The van der Waals surface area contributed by atoms with Crippen LogP contribution in [-0.4, -0.2) is 13.7 Å². The topological polar surface area (TPSA) is 43.4 Å². The number of alkyl halides is 2. The summed E-state index contributed by atoms with van der Waals surface area (Å²) in [5.41, 5.74) is 0.812. The molecule has 3 nitrogen and oxygen atoms in total. The van der Waals surface area contributed by atoms with Crippen LogP contribution in [-0.2, 0) is 21.2 Å². The van der Waals surface area contributed by atoms with E-state index in [0.717, 1.165) is 12.1 Å². The average molecular weight is 310 g/mol. The highest BCUT2D eigenvalue weighted by Crippen LogP contribution is 2.46. The first-order chi connectivity index (χ1) is 9.94. The maximum Gasteiger partial charge on any atom is 0.379 e. The number of halogens is 2. The van der Waals surface area contributed by atoms with Crippen LogP contribution in [0.15, 0.2) is 59.5 Å². The predicted octanol–water partition coefficient (Wildman–Crippen LogP) is 3.32. The third kappa shape index (κ3) is 2.15. The highest BCUT2D eigenvalue weighted by atomic mass is 32.2. The van der Waals surface area contributed by atoms with Crippen molar-refractivity contribution in [3.8, 4) is 0 Å². The molecule has 0 amide bonds. The summed E-state index contributed by atoms with van der Waals surface area (Å²) in [4.78, 5) is -0.414. The van der Waals surface area contributed by atoms with Crippen LogP contribution in [0.2, 0.25) is 0 Å². The Kier molecular flexibility index (Phi) is 3.30. The van der Waals surface area contributed by atoms with E-state index in [9.17, 15) is 17.2 Å². The summed E-state index contributed by atoms with van der Waals surface area (Å²) in [6.45, 7) is -0.0132. The van der Waals surface area contributed by atoms with Crippen LogP contribution in [0, 0.1) is 0 Å². The Hall–Kier alpha value is -1.79. The molecule has 1 atom stereocenters. The Labute approximate surface area is 121 Å². The van der Waals surface area contributed by atoms with E-state index in [4.69, 9.17) is 4.74 Å². The second kappa shape index (κ2) is 4.89. The lowest BCUT2D eigenvalue weighted by Gasteiger charge is -2.23. The molecular weight excluding hydrogens is 298 g/mol. The fourth-order valence-corrected chi connectivity index (χ4v) is 3.67. The Morgan fingerprint density at radius 1 is 1.00 bits per heavy atom. The summed E-state index contributed by atoms with van der Waals surface area (Å²) in [5.74, 6) is 0. The Bertz CT molecular complexity index is 757. The molecule has 0 aromatic heterocycles. The van der Waals surface area contributed by atoms with Crippen molar-refractivity contribution in [1.82, 2.24) is 0 Å². The summed E-state index contributed by atoms with van der Waals surface area (Å²) >= 11 is 0. The van der Waals surface area contributed by atoms with E-state index in [0.29, 0.717) is 5.56 Å². The number of sulfone groups is 1. The lowest BCUT2D eigenvalue weighted by atomic mass is 10.1. The van der Waals surface area contributed by atoms with Gasteiger partial charge >= 0.3 is 5.25 Å². The average Bonchev–Trinajstić information content (AvgIpc) is 2.92. The molecule has 1 aliphatic rings. The predicted molar refractivity (Wildman–Crippen MR) is 72.5 cm³/mol. The molecule has 0 spiro atoms. The molecule has 2 aromatic carbocycles. The first kappa shape index (κ1) is 14.2. The van der Waals surface area contributed by atoms with E-state index >= 15 is 0 Å². The highest BCUT2D eigenvalue weighted by Gasteiger charge is 2.56. The zero-order valence-corrected chi connectivity index (χ0v) is 11.7. The lowest BCUT2D eigenvalue weighted by Crippen LogP contribution is -2.35. The van der Waals surface area contributed by atoms with Crippen LogP contribution in [0.4, 0.5) is 8.78 Å². The van der Waals surface area contributed by atoms with Gasteiger partial charge in [-0.2, -0.15) is 8.78 Å². The number of rotatable bonds is 3. The Morgan fingerprint density at radius 2 is 1.62 bits per heavy atom. The third-order valence-electron chi connectivity index (χ3n) is 3.46. The van der Waals surface area contributed by atoms with E-state index in [1.54, 1.807) is 24.3 Å². The van der Waals surface area contributed by atoms with Crippen molar-refractivity contribution in [2.24, 2.45) is 0 Å². The molecule has 0 fully saturated rings. The monoisotopic (exact) mass is 310 g/mol. The minimum atomic E-state index is -4.82. The van der Waals surface area contributed by atoms with E-state index in [-0.39, 0.29) is 12.2 Å². The summed E-state index contributed by atoms with van der Waals surface area (Å²) in [7, 11) is -4.82. The van der Waals surface area contributed by atoms with Crippen molar-refractivity contribution in [3.05, 3.63) is 65.7 Å². The van der Waals surface area contributed by atoms with Gasteiger partial charge in [0.2, 0.25) is 9.84 Å². The van der Waals surface area contributed by atoms with Gasteiger partial charge in [0.15, 0.2) is 6.10 Å². The molecule has 0 saturated heterocycles. The van der Waals surface area contributed by atoms with Gasteiger partial charge in [0.25, 0.3) is 0 Å². The summed E-state index contributed by atoms with van der Waals surface area (Å²) in [6, 6.07) is 13.1. The van der Waals surface area contributed by atoms with Crippen LogP contribution in [0.5, 0.6) is 0 Å². The van der Waals surface area contributed by atoms with Crippen molar-refractivity contribution in [3.63, 3.8) is 0 Å². The summed E-state index contributed by atoms with van der Waals surface area (Å²) in [5, 5.41) is -4.03. The smallest absolute Gasteiger partial charge is 0.361 e. The zero-order valence-electron chi connectivity index (χ0n) is 10.9. The first-order valence-electron chi connectivity index (χ1n) is 6.31. The molecular formula is C15H12F2O3S. The maximum absolute atomic E-state index is 14.6. The van der Waals surface area contributed by atoms with Crippen molar-refractivity contribution in [2.75, 3.05) is 0 Å². The quantitative estimate of drug-likeness (QED) is 0.873. The molecule has 21 heavy (non-hydrogen) atoms. The Morgan fingerprint density at radius 3 is 2.33 bits per heavy atom. The van der Waals surface area contributed by atoms with Crippen molar-refractivity contribution in [2.45, 2.75) is 22.9 Å². The van der Waals surface area contributed by atoms with Crippen LogP contribution in [0.25, 0.3) is 0 Å². The molecule has 6 heteroatoms. The minimum absolute atomic E-state index is 0.0132. The van der Waals surface area contributed by atoms with Gasteiger partial charge in [0, 0.05) is 0 Å². The van der Waals surface area contributed by atoms with Gasteiger partial charge in [-0.15, -0.1) is 0 Å². The summed E-state index contributed by atoms with van der Waals surface area (Å²) in [6.07, 6.45) is -1.78. The van der Waals surface area contributed by atoms with E-state index in [1.807, 2.05) is 0 Å². The molecule has 0 aliphatic carbocycles. The van der Waals surface area contributed by atoms with Crippen molar-refractivity contribution in [1.29, 1.82) is 0 Å². The van der Waals surface area contributed by atoms with Gasteiger partial charge in [-0.05, 0) is 23.3 Å². The molecule has 1 unspecified atom stereocenters. The number of hydrogen-bond donors (Lipinski definition) is 0. The second-order valence-corrected chi connectivity index (χ2v) is 6.79. The van der Waals surface area contributed by atoms with Gasteiger partial charge in [-0.1, -0.05) is 42.5 Å². The third-order valence-corrected chi connectivity index (χ3v) is 5.28. The van der Waals surface area contributed by atoms with Gasteiger partial charge in [-0.3, -0.25) is 0 Å². The summed E-state index contributed by atoms with van der Waals surface area (Å²) < 4.78 is 58.6. The number of hydrogen-bond acceptors (Lipinski definition) is 3. The molecule has 0 saturated carbocycles. The number of fused-ring (bicyclic) bond motifs is 1. The molecule has 1 aliphatic heterocycles. The Balaban J connectivity index is 2.06. The largest absolute Gasteiger partial charge is 0.379 e. The van der Waals surface area contributed by atoms with Gasteiger partial charge in [0.1, 0.15) is 0 Å². The SMILES string of the molecule is O=S(=O)(c1ccccc1)C(F)(F)C1OCc2ccccc21. The van der Waals surface area contributed by atoms with E-state index in [1.165, 1.54) is 18.2 Å². The van der Waals surface area contributed by atoms with Crippen LogP contribution >= 0.6 is 0 Å². The van der Waals surface area contributed by atoms with Crippen molar-refractivity contribution >= 4 is 9.84 Å². The first-order valence-corrected chi connectivity index (χ1v) is 7.80. The molecule has 0 N–H and O–H groups in total. The molecule has 3 rings (SSSR count). The standard InChI is InChI=1S/C15H12F2O3S/c16-15(17,21(18,19)12-7-2-1-3-8-12)14-13-9-5-4-6-11(13)10-20-14/h1-9,14H,10H2. The molecule has 110 valence electrons. The van der Waals surface area contributed by atoms with E-state index < -0.39 is 26.1 Å². The zero-order chi connectivity index (χ0) is 15.1. The van der Waals surface area contributed by atoms with E-state index in [2.05, 4.69) is 0 Å². The maximum atomic E-state index is 14.6. The van der Waals surface area contributed by atoms with Gasteiger partial charge in [0.05, 0.1) is 11.5 Å². The second-order valence-electron chi connectivity index (χ2n) is 4.77. The molecule has 0 bridgehead atoms. The van der Waals surface area contributed by atoms with Crippen molar-refractivity contribution < 1.29 is 21.9 Å². The lowest BCUT2D eigenvalue weighted by molar-refractivity contribution is -0.0781. The van der Waals surface area contributed by atoms with Crippen LogP contribution < -0.4 is 0 Å². The normalized spacial score (nSPS) is 18.5. The fourth-order valence-electron chi connectivity index (χ4n) is 2.36. The molecule has 1 heterocycles.